The molecular formula is C19H21N3O5. The van der Waals surface area contributed by atoms with Crippen molar-refractivity contribution in [2.45, 2.75) is 39.8 Å². The van der Waals surface area contributed by atoms with E-state index in [0.717, 1.165) is 4.90 Å². The van der Waals surface area contributed by atoms with E-state index in [-0.39, 0.29) is 29.9 Å². The average molecular weight is 371 g/mol. The second-order valence-corrected chi connectivity index (χ2v) is 7.04. The van der Waals surface area contributed by atoms with Gasteiger partial charge in [0.25, 0.3) is 5.91 Å². The number of carbonyl (C=O) groups is 3. The van der Waals surface area contributed by atoms with Crippen molar-refractivity contribution >= 4 is 34.5 Å². The first-order valence-corrected chi connectivity index (χ1v) is 8.71. The maximum absolute atomic E-state index is 12.5. The number of imide groups is 1. The van der Waals surface area contributed by atoms with Crippen LogP contribution in [0.1, 0.15) is 32.8 Å². The summed E-state index contributed by atoms with van der Waals surface area (Å²) in [5, 5.41) is 5.90. The number of fused-ring (bicyclic) bond motifs is 1. The molecule has 0 aliphatic carbocycles. The van der Waals surface area contributed by atoms with Crippen LogP contribution in [0, 0.1) is 5.92 Å². The third kappa shape index (κ3) is 3.99. The Hall–Kier alpha value is -3.16. The van der Waals surface area contributed by atoms with Gasteiger partial charge in [0.2, 0.25) is 5.91 Å². The van der Waals surface area contributed by atoms with E-state index in [0.29, 0.717) is 23.1 Å². The largest absolute Gasteiger partial charge is 0.423 e. The average Bonchev–Trinajstić information content (AvgIpc) is 2.80. The Morgan fingerprint density at radius 3 is 2.67 bits per heavy atom. The predicted molar refractivity (Wildman–Crippen MR) is 99.1 cm³/mol. The number of nitrogens with one attached hydrogen (secondary N) is 2. The summed E-state index contributed by atoms with van der Waals surface area (Å²) in [7, 11) is 0. The van der Waals surface area contributed by atoms with Crippen LogP contribution in [0.15, 0.2) is 33.5 Å². The summed E-state index contributed by atoms with van der Waals surface area (Å²) >= 11 is 0. The van der Waals surface area contributed by atoms with Gasteiger partial charge < -0.3 is 15.1 Å². The minimum atomic E-state index is -0.594. The van der Waals surface area contributed by atoms with Crippen molar-refractivity contribution in [1.82, 2.24) is 10.2 Å². The van der Waals surface area contributed by atoms with Gasteiger partial charge in [0.05, 0.1) is 6.54 Å². The fourth-order valence-corrected chi connectivity index (χ4v) is 3.17. The van der Waals surface area contributed by atoms with Gasteiger partial charge in [-0.3, -0.25) is 14.5 Å². The Morgan fingerprint density at radius 1 is 1.26 bits per heavy atom. The van der Waals surface area contributed by atoms with Crippen LogP contribution >= 0.6 is 0 Å². The van der Waals surface area contributed by atoms with E-state index < -0.39 is 17.7 Å². The summed E-state index contributed by atoms with van der Waals surface area (Å²) in [6.45, 7) is 5.30. The summed E-state index contributed by atoms with van der Waals surface area (Å²) in [6, 6.07) is 5.15. The summed E-state index contributed by atoms with van der Waals surface area (Å²) in [5.74, 6) is -0.288. The Kier molecular flexibility index (Phi) is 4.98. The van der Waals surface area contributed by atoms with E-state index in [9.17, 15) is 19.2 Å². The monoisotopic (exact) mass is 371 g/mol. The molecule has 1 aromatic heterocycles. The van der Waals surface area contributed by atoms with Gasteiger partial charge >= 0.3 is 11.7 Å². The maximum Gasteiger partial charge on any atom is 0.336 e. The van der Waals surface area contributed by atoms with Crippen LogP contribution in [0.4, 0.5) is 10.5 Å². The lowest BCUT2D eigenvalue weighted by atomic mass is 10.0. The molecule has 3 rings (SSSR count). The normalized spacial score (nSPS) is 16.9. The zero-order valence-electron chi connectivity index (χ0n) is 15.4. The molecule has 27 heavy (non-hydrogen) atoms. The number of hydrogen-bond acceptors (Lipinski definition) is 5. The lowest BCUT2D eigenvalue weighted by molar-refractivity contribution is -0.128. The Bertz CT molecular complexity index is 979. The highest BCUT2D eigenvalue weighted by Crippen LogP contribution is 2.24. The molecule has 1 aliphatic rings. The van der Waals surface area contributed by atoms with Crippen LogP contribution < -0.4 is 16.3 Å². The Labute approximate surface area is 155 Å². The second-order valence-electron chi connectivity index (χ2n) is 7.04. The van der Waals surface area contributed by atoms with Crippen molar-refractivity contribution in [3.63, 3.8) is 0 Å². The van der Waals surface area contributed by atoms with Gasteiger partial charge in [-0.2, -0.15) is 0 Å². The number of urea groups is 1. The molecule has 1 aromatic carbocycles. The highest BCUT2D eigenvalue weighted by molar-refractivity contribution is 6.04. The molecule has 8 nitrogen and oxygen atoms in total. The number of carbonyl (C=O) groups excluding carboxylic acids is 3. The Morgan fingerprint density at radius 2 is 2.00 bits per heavy atom. The highest BCUT2D eigenvalue weighted by atomic mass is 16.4. The summed E-state index contributed by atoms with van der Waals surface area (Å²) in [5.41, 5.74) is 0.671. The molecule has 1 atom stereocenters. The first-order chi connectivity index (χ1) is 12.7. The fourth-order valence-electron chi connectivity index (χ4n) is 3.17. The van der Waals surface area contributed by atoms with Crippen molar-refractivity contribution < 1.29 is 18.8 Å². The van der Waals surface area contributed by atoms with Gasteiger partial charge in [-0.1, -0.05) is 13.8 Å². The number of anilines is 1. The zero-order valence-corrected chi connectivity index (χ0v) is 15.4. The third-order valence-electron chi connectivity index (χ3n) is 4.29. The van der Waals surface area contributed by atoms with E-state index in [1.165, 1.54) is 19.1 Å². The molecule has 0 radical (unpaired) electrons. The molecule has 1 fully saturated rings. The topological polar surface area (TPSA) is 109 Å². The molecule has 8 heteroatoms. The first-order valence-electron chi connectivity index (χ1n) is 8.71. The molecule has 1 aliphatic heterocycles. The maximum atomic E-state index is 12.5. The number of nitrogens with zero attached hydrogens (tertiary/aromatic N) is 1. The van der Waals surface area contributed by atoms with E-state index in [4.69, 9.17) is 4.42 Å². The number of rotatable bonds is 5. The van der Waals surface area contributed by atoms with Crippen molar-refractivity contribution in [1.29, 1.82) is 0 Å². The van der Waals surface area contributed by atoms with Crippen LogP contribution in [-0.4, -0.2) is 28.8 Å². The van der Waals surface area contributed by atoms with Gasteiger partial charge in [-0.15, -0.1) is 0 Å². The zero-order chi connectivity index (χ0) is 19.7. The number of amides is 4. The summed E-state index contributed by atoms with van der Waals surface area (Å²) < 4.78 is 5.21. The standard InChI is InChI=1S/C19H21N3O5/c1-10(2)6-15-18(25)22(19(26)21-15)9-12-7-17(24)27-16-8-13(20-11(3)23)4-5-14(12)16/h4-5,7-8,10,15H,6,9H2,1-3H3,(H,20,23)(H,21,26)/t15-/m0/s1. The van der Waals surface area contributed by atoms with E-state index in [1.807, 2.05) is 13.8 Å². The molecule has 2 aromatic rings. The van der Waals surface area contributed by atoms with Crippen molar-refractivity contribution in [3.05, 3.63) is 40.2 Å². The van der Waals surface area contributed by atoms with Gasteiger partial charge in [0.1, 0.15) is 11.6 Å². The van der Waals surface area contributed by atoms with Crippen LogP contribution in [0.25, 0.3) is 11.0 Å². The molecule has 0 unspecified atom stereocenters. The molecule has 2 N–H and O–H groups in total. The number of benzene rings is 1. The summed E-state index contributed by atoms with van der Waals surface area (Å²) in [4.78, 5) is 49.0. The van der Waals surface area contributed by atoms with E-state index in [2.05, 4.69) is 10.6 Å². The lowest BCUT2D eigenvalue weighted by Gasteiger charge is -2.15. The quantitative estimate of drug-likeness (QED) is 0.619. The highest BCUT2D eigenvalue weighted by Gasteiger charge is 2.38. The molecule has 0 saturated carbocycles. The van der Waals surface area contributed by atoms with Crippen molar-refractivity contribution in [2.24, 2.45) is 5.92 Å². The van der Waals surface area contributed by atoms with Crippen molar-refractivity contribution in [3.8, 4) is 0 Å². The molecule has 4 amide bonds. The fraction of sp³-hybridized carbons (Fsp3) is 0.368. The van der Waals surface area contributed by atoms with Gasteiger partial charge in [-0.25, -0.2) is 9.59 Å². The molecule has 0 bridgehead atoms. The lowest BCUT2D eigenvalue weighted by Crippen LogP contribution is -2.31. The van der Waals surface area contributed by atoms with Crippen LogP contribution in [0.2, 0.25) is 0 Å². The van der Waals surface area contributed by atoms with Crippen molar-refractivity contribution in [2.75, 3.05) is 5.32 Å². The van der Waals surface area contributed by atoms with E-state index in [1.54, 1.807) is 12.1 Å². The van der Waals surface area contributed by atoms with Gasteiger partial charge in [0, 0.05) is 30.1 Å². The second kappa shape index (κ2) is 7.22. The molecule has 1 saturated heterocycles. The minimum absolute atomic E-state index is 0.0269. The van der Waals surface area contributed by atoms with Gasteiger partial charge in [-0.05, 0) is 30.0 Å². The molecule has 0 spiro atoms. The Balaban J connectivity index is 1.92. The SMILES string of the molecule is CC(=O)Nc1ccc2c(CN3C(=O)N[C@@H](CC(C)C)C3=O)cc(=O)oc2c1. The third-order valence-corrected chi connectivity index (χ3v) is 4.29. The van der Waals surface area contributed by atoms with Crippen LogP contribution in [-0.2, 0) is 16.1 Å². The predicted octanol–water partition coefficient (Wildman–Crippen LogP) is 2.22. The molecular weight excluding hydrogens is 350 g/mol. The minimum Gasteiger partial charge on any atom is -0.423 e. The van der Waals surface area contributed by atoms with E-state index >= 15 is 0 Å². The molecule has 2 heterocycles. The molecule has 142 valence electrons. The van der Waals surface area contributed by atoms with Crippen LogP contribution in [0.3, 0.4) is 0 Å². The van der Waals surface area contributed by atoms with Crippen LogP contribution in [0.5, 0.6) is 0 Å². The summed E-state index contributed by atoms with van der Waals surface area (Å²) in [6.07, 6.45) is 0.554. The smallest absolute Gasteiger partial charge is 0.336 e. The first kappa shape index (κ1) is 18.6. The van der Waals surface area contributed by atoms with Gasteiger partial charge in [0.15, 0.2) is 0 Å². The number of hydrogen-bond donors (Lipinski definition) is 2.